The largest absolute Gasteiger partial charge is 0.377 e. The molecule has 4 aromatic carbocycles. The highest BCUT2D eigenvalue weighted by molar-refractivity contribution is 7.21. The molecule has 1 heterocycles. The summed E-state index contributed by atoms with van der Waals surface area (Å²) in [7, 11) is 4.17. The van der Waals surface area contributed by atoms with Gasteiger partial charge in [0, 0.05) is 32.3 Å². The minimum atomic E-state index is 0.0205. The SMILES string of the molecule is CN(C)c1cc2sc3cc(=O)ccc-3nc2cc1Cc1c2ccccc2cc2ccccc12. The molecule has 33 heavy (non-hydrogen) atoms. The second-order valence-electron chi connectivity index (χ2n) is 8.66. The van der Waals surface area contributed by atoms with E-state index in [1.54, 1.807) is 23.5 Å². The lowest BCUT2D eigenvalue weighted by Gasteiger charge is -2.20. The quantitative estimate of drug-likeness (QED) is 0.283. The van der Waals surface area contributed by atoms with E-state index in [4.69, 9.17) is 4.98 Å². The van der Waals surface area contributed by atoms with E-state index in [-0.39, 0.29) is 5.43 Å². The summed E-state index contributed by atoms with van der Waals surface area (Å²) in [5.74, 6) is 0. The van der Waals surface area contributed by atoms with Crippen LogP contribution in [0, 0.1) is 0 Å². The Hall–Kier alpha value is -3.76. The van der Waals surface area contributed by atoms with E-state index in [1.807, 2.05) is 6.07 Å². The van der Waals surface area contributed by atoms with E-state index in [0.717, 1.165) is 27.2 Å². The van der Waals surface area contributed by atoms with Crippen LogP contribution in [0.1, 0.15) is 11.1 Å². The van der Waals surface area contributed by atoms with Crippen LogP contribution in [-0.4, -0.2) is 19.1 Å². The third kappa shape index (κ3) is 3.43. The third-order valence-electron chi connectivity index (χ3n) is 6.28. The molecular formula is C29H22N2OS. The predicted octanol–water partition coefficient (Wildman–Crippen LogP) is 6.72. The zero-order valence-corrected chi connectivity index (χ0v) is 19.3. The molecule has 0 aromatic heterocycles. The van der Waals surface area contributed by atoms with Gasteiger partial charge in [0.1, 0.15) is 0 Å². The average Bonchev–Trinajstić information content (AvgIpc) is 2.82. The van der Waals surface area contributed by atoms with Crippen molar-refractivity contribution in [2.75, 3.05) is 19.0 Å². The fourth-order valence-electron chi connectivity index (χ4n) is 4.73. The first kappa shape index (κ1) is 19.9. The molecule has 1 aliphatic carbocycles. The van der Waals surface area contributed by atoms with E-state index in [2.05, 4.69) is 85.7 Å². The minimum Gasteiger partial charge on any atom is -0.377 e. The lowest BCUT2D eigenvalue weighted by molar-refractivity contribution is 1.09. The Balaban J connectivity index is 1.61. The van der Waals surface area contributed by atoms with E-state index in [0.29, 0.717) is 0 Å². The Bertz CT molecular complexity index is 1650. The first-order valence-electron chi connectivity index (χ1n) is 11.0. The number of rotatable bonds is 3. The monoisotopic (exact) mass is 446 g/mol. The molecule has 3 nitrogen and oxygen atoms in total. The highest BCUT2D eigenvalue weighted by Gasteiger charge is 2.15. The Labute approximate surface area is 195 Å². The number of fused-ring (bicyclic) bond motifs is 4. The van der Waals surface area contributed by atoms with Crippen LogP contribution in [0.4, 0.5) is 5.69 Å². The molecule has 6 rings (SSSR count). The first-order valence-corrected chi connectivity index (χ1v) is 11.8. The van der Waals surface area contributed by atoms with Crippen LogP contribution in [0.25, 0.3) is 42.3 Å². The normalized spacial score (nSPS) is 11.6. The Morgan fingerprint density at radius 1 is 0.818 bits per heavy atom. The average molecular weight is 447 g/mol. The van der Waals surface area contributed by atoms with Crippen molar-refractivity contribution in [1.82, 2.24) is 4.98 Å². The highest BCUT2D eigenvalue weighted by Crippen LogP contribution is 2.37. The molecule has 2 aliphatic rings. The van der Waals surface area contributed by atoms with Crippen LogP contribution in [-0.2, 0) is 6.42 Å². The van der Waals surface area contributed by atoms with Crippen LogP contribution in [0.2, 0.25) is 0 Å². The van der Waals surface area contributed by atoms with Crippen molar-refractivity contribution in [3.05, 3.63) is 106 Å². The van der Waals surface area contributed by atoms with Gasteiger partial charge >= 0.3 is 0 Å². The topological polar surface area (TPSA) is 33.2 Å². The van der Waals surface area contributed by atoms with E-state index >= 15 is 0 Å². The molecule has 0 spiro atoms. The molecule has 0 atom stereocenters. The molecule has 0 amide bonds. The van der Waals surface area contributed by atoms with Crippen LogP contribution in [0.3, 0.4) is 0 Å². The van der Waals surface area contributed by atoms with Crippen LogP contribution in [0.5, 0.6) is 0 Å². The van der Waals surface area contributed by atoms with Gasteiger partial charge in [-0.15, -0.1) is 11.3 Å². The van der Waals surface area contributed by atoms with Gasteiger partial charge in [-0.1, -0.05) is 48.5 Å². The number of aromatic nitrogens is 1. The van der Waals surface area contributed by atoms with Gasteiger partial charge in [0.15, 0.2) is 5.43 Å². The number of anilines is 1. The van der Waals surface area contributed by atoms with Crippen molar-refractivity contribution in [3.8, 4) is 10.6 Å². The Morgan fingerprint density at radius 3 is 2.21 bits per heavy atom. The number of hydrogen-bond acceptors (Lipinski definition) is 4. The van der Waals surface area contributed by atoms with Gasteiger partial charge in [0.05, 0.1) is 20.8 Å². The molecule has 0 unspecified atom stereocenters. The molecular weight excluding hydrogens is 424 g/mol. The van der Waals surface area contributed by atoms with E-state index in [1.165, 1.54) is 38.4 Å². The predicted molar refractivity (Wildman–Crippen MR) is 141 cm³/mol. The summed E-state index contributed by atoms with van der Waals surface area (Å²) < 4.78 is 1.09. The molecule has 1 aliphatic heterocycles. The molecule has 0 bridgehead atoms. The lowest BCUT2D eigenvalue weighted by atomic mass is 9.92. The molecule has 4 aromatic rings. The van der Waals surface area contributed by atoms with Gasteiger partial charge in [-0.3, -0.25) is 4.79 Å². The van der Waals surface area contributed by atoms with Gasteiger partial charge in [0.25, 0.3) is 0 Å². The van der Waals surface area contributed by atoms with E-state index < -0.39 is 0 Å². The minimum absolute atomic E-state index is 0.0205. The maximum Gasteiger partial charge on any atom is 0.180 e. The third-order valence-corrected chi connectivity index (χ3v) is 7.38. The summed E-state index contributed by atoms with van der Waals surface area (Å²) in [6, 6.07) is 29.1. The molecule has 0 N–H and O–H groups in total. The zero-order chi connectivity index (χ0) is 22.5. The summed E-state index contributed by atoms with van der Waals surface area (Å²) >= 11 is 1.63. The molecule has 160 valence electrons. The molecule has 0 saturated heterocycles. The number of nitrogens with zero attached hydrogens (tertiary/aromatic N) is 2. The Kier molecular flexibility index (Phi) is 4.63. The molecule has 0 fully saturated rings. The summed E-state index contributed by atoms with van der Waals surface area (Å²) in [6.45, 7) is 0. The van der Waals surface area contributed by atoms with Crippen molar-refractivity contribution >= 4 is 48.8 Å². The van der Waals surface area contributed by atoms with Crippen molar-refractivity contribution in [1.29, 1.82) is 0 Å². The second-order valence-corrected chi connectivity index (χ2v) is 9.74. The van der Waals surface area contributed by atoms with Gasteiger partial charge in [-0.2, -0.15) is 0 Å². The summed E-state index contributed by atoms with van der Waals surface area (Å²) in [4.78, 5) is 19.8. The molecule has 0 saturated carbocycles. The zero-order valence-electron chi connectivity index (χ0n) is 18.5. The van der Waals surface area contributed by atoms with E-state index in [9.17, 15) is 4.79 Å². The summed E-state index contributed by atoms with van der Waals surface area (Å²) in [6.07, 6.45) is 0.815. The van der Waals surface area contributed by atoms with Crippen molar-refractivity contribution < 1.29 is 0 Å². The number of hydrogen-bond donors (Lipinski definition) is 0. The van der Waals surface area contributed by atoms with Crippen LogP contribution in [0.15, 0.2) is 89.7 Å². The second kappa shape index (κ2) is 7.68. The van der Waals surface area contributed by atoms with Crippen LogP contribution < -0.4 is 10.3 Å². The first-order chi connectivity index (χ1) is 16.1. The Morgan fingerprint density at radius 2 is 1.52 bits per heavy atom. The standard InChI is InChI=1S/C29H22N2OS/c1-31(2)27-17-29-26(30-25-12-11-21(32)16-28(25)33-29)15-20(27)14-24-22-9-5-3-7-18(22)13-19-8-4-6-10-23(19)24/h3-13,15-17H,14H2,1-2H3. The van der Waals surface area contributed by atoms with Gasteiger partial charge in [-0.25, -0.2) is 4.98 Å². The highest BCUT2D eigenvalue weighted by atomic mass is 32.1. The van der Waals surface area contributed by atoms with Gasteiger partial charge < -0.3 is 4.90 Å². The van der Waals surface area contributed by atoms with Crippen LogP contribution >= 0.6 is 11.3 Å². The lowest BCUT2D eigenvalue weighted by Crippen LogP contribution is -2.12. The maximum atomic E-state index is 11.8. The molecule has 4 heteroatoms. The van der Waals surface area contributed by atoms with Crippen molar-refractivity contribution in [3.63, 3.8) is 0 Å². The fraction of sp³-hybridized carbons (Fsp3) is 0.103. The van der Waals surface area contributed by atoms with Crippen molar-refractivity contribution in [2.24, 2.45) is 0 Å². The maximum absolute atomic E-state index is 11.8. The fourth-order valence-corrected chi connectivity index (χ4v) is 5.74. The van der Waals surface area contributed by atoms with Gasteiger partial charge in [-0.05, 0) is 63.0 Å². The summed E-state index contributed by atoms with van der Waals surface area (Å²) in [5, 5.41) is 5.10. The number of benzene rings is 5. The smallest absolute Gasteiger partial charge is 0.180 e. The van der Waals surface area contributed by atoms with Gasteiger partial charge in [0.2, 0.25) is 0 Å². The summed E-state index contributed by atoms with van der Waals surface area (Å²) in [5.41, 5.74) is 5.62. The van der Waals surface area contributed by atoms with Crippen molar-refractivity contribution in [2.45, 2.75) is 6.42 Å². The molecule has 0 radical (unpaired) electrons.